The fraction of sp³-hybridized carbons (Fsp3) is 0.625. The highest BCUT2D eigenvalue weighted by Crippen LogP contribution is 2.27. The smallest absolute Gasteiger partial charge is 0.224 e. The Morgan fingerprint density at radius 1 is 1.17 bits per heavy atom. The summed E-state index contributed by atoms with van der Waals surface area (Å²) in [4.78, 5) is 46.0. The minimum absolute atomic E-state index is 0.0937. The highest BCUT2D eigenvalue weighted by atomic mass is 32.1. The molecule has 2 aromatic rings. The van der Waals surface area contributed by atoms with Gasteiger partial charge in [0.2, 0.25) is 11.8 Å². The van der Waals surface area contributed by atoms with Gasteiger partial charge in [-0.3, -0.25) is 19.3 Å². The second-order valence-corrected chi connectivity index (χ2v) is 12.5. The third-order valence-corrected chi connectivity index (χ3v) is 9.43. The van der Waals surface area contributed by atoms with Gasteiger partial charge >= 0.3 is 0 Å². The summed E-state index contributed by atoms with van der Waals surface area (Å²) in [5.41, 5.74) is 2.18. The van der Waals surface area contributed by atoms with E-state index in [1.165, 1.54) is 24.8 Å². The Bertz CT molecular complexity index is 1180. The van der Waals surface area contributed by atoms with Gasteiger partial charge in [0.05, 0.1) is 21.1 Å². The lowest BCUT2D eigenvalue weighted by molar-refractivity contribution is -0.131. The lowest BCUT2D eigenvalue weighted by Gasteiger charge is -2.32. The van der Waals surface area contributed by atoms with E-state index in [0.717, 1.165) is 54.1 Å². The lowest BCUT2D eigenvalue weighted by Crippen LogP contribution is -2.46. The highest BCUT2D eigenvalue weighted by Gasteiger charge is 2.30. The standard InChI is InChI=1S/C32H46N4O4S/c1-3-23-9-11-28-29(20-23)41-31(34-28)22-25(21-30(38)33-2)32(39)35-27(24-13-18-40-19-14-24)12-10-26(37)8-7-17-36-15-5-4-6-16-36/h7-9,11,20,24-25,27H,3-6,10,12-19,21-22H2,1-2H3,(H,33,38)(H,35,39)/b8-7+/t25-,27+/m0/s1. The van der Waals surface area contributed by atoms with Gasteiger partial charge < -0.3 is 15.4 Å². The highest BCUT2D eigenvalue weighted by molar-refractivity contribution is 7.18. The van der Waals surface area contributed by atoms with Gasteiger partial charge in [0.25, 0.3) is 0 Å². The van der Waals surface area contributed by atoms with E-state index >= 15 is 0 Å². The zero-order valence-corrected chi connectivity index (χ0v) is 25.5. The number of nitrogens with zero attached hydrogens (tertiary/aromatic N) is 2. The van der Waals surface area contributed by atoms with E-state index < -0.39 is 5.92 Å². The van der Waals surface area contributed by atoms with Crippen LogP contribution in [0.25, 0.3) is 10.2 Å². The maximum atomic E-state index is 13.7. The molecule has 4 rings (SSSR count). The Morgan fingerprint density at radius 3 is 2.68 bits per heavy atom. The fourth-order valence-corrected chi connectivity index (χ4v) is 6.93. The van der Waals surface area contributed by atoms with E-state index in [4.69, 9.17) is 9.72 Å². The van der Waals surface area contributed by atoms with Gasteiger partial charge in [-0.25, -0.2) is 4.98 Å². The van der Waals surface area contributed by atoms with Crippen molar-refractivity contribution >= 4 is 39.2 Å². The average Bonchev–Trinajstić information content (AvgIpc) is 3.41. The first kappa shape index (κ1) is 31.3. The number of carbonyl (C=O) groups is 3. The van der Waals surface area contributed by atoms with Gasteiger partial charge in [-0.1, -0.05) is 25.5 Å². The van der Waals surface area contributed by atoms with E-state index in [-0.39, 0.29) is 36.0 Å². The number of aryl methyl sites for hydroxylation is 1. The van der Waals surface area contributed by atoms with Crippen molar-refractivity contribution in [1.82, 2.24) is 20.5 Å². The Labute approximate surface area is 248 Å². The molecule has 9 heteroatoms. The number of allylic oxidation sites excluding steroid dienone is 1. The predicted molar refractivity (Wildman–Crippen MR) is 164 cm³/mol. The Morgan fingerprint density at radius 2 is 1.95 bits per heavy atom. The van der Waals surface area contributed by atoms with Crippen LogP contribution in [0.2, 0.25) is 0 Å². The molecule has 0 spiro atoms. The van der Waals surface area contributed by atoms with E-state index in [0.29, 0.717) is 32.5 Å². The van der Waals surface area contributed by atoms with Crippen molar-refractivity contribution in [1.29, 1.82) is 0 Å². The molecule has 2 saturated heterocycles. The number of hydrogen-bond donors (Lipinski definition) is 2. The van der Waals surface area contributed by atoms with Crippen LogP contribution in [0.4, 0.5) is 0 Å². The summed E-state index contributed by atoms with van der Waals surface area (Å²) < 4.78 is 6.68. The molecule has 41 heavy (non-hydrogen) atoms. The van der Waals surface area contributed by atoms with Gasteiger partial charge in [-0.05, 0) is 81.3 Å². The third-order valence-electron chi connectivity index (χ3n) is 8.39. The van der Waals surface area contributed by atoms with Crippen LogP contribution in [0.1, 0.15) is 68.9 Å². The van der Waals surface area contributed by atoms with Crippen molar-refractivity contribution < 1.29 is 19.1 Å². The van der Waals surface area contributed by atoms with Crippen molar-refractivity contribution in [2.75, 3.05) is 39.9 Å². The molecular weight excluding hydrogens is 536 g/mol. The summed E-state index contributed by atoms with van der Waals surface area (Å²) in [7, 11) is 1.59. The van der Waals surface area contributed by atoms with Crippen LogP contribution in [-0.2, 0) is 32.0 Å². The molecule has 0 saturated carbocycles. The van der Waals surface area contributed by atoms with Crippen molar-refractivity contribution in [3.8, 4) is 0 Å². The molecule has 1 aromatic heterocycles. The molecule has 1 aromatic carbocycles. The summed E-state index contributed by atoms with van der Waals surface area (Å²) in [6.07, 6.45) is 11.6. The number of aromatic nitrogens is 1. The van der Waals surface area contributed by atoms with Crippen LogP contribution in [0, 0.1) is 11.8 Å². The van der Waals surface area contributed by atoms with Gasteiger partial charge in [0.1, 0.15) is 0 Å². The first-order chi connectivity index (χ1) is 19.9. The molecule has 2 aliphatic heterocycles. The number of ketones is 1. The zero-order valence-electron chi connectivity index (χ0n) is 24.7. The fourth-order valence-electron chi connectivity index (χ4n) is 5.82. The molecule has 2 fully saturated rings. The maximum Gasteiger partial charge on any atom is 0.224 e. The topological polar surface area (TPSA) is 101 Å². The number of fused-ring (bicyclic) bond motifs is 1. The Kier molecular flexibility index (Phi) is 12.3. The molecule has 0 bridgehead atoms. The number of ether oxygens (including phenoxy) is 1. The molecular formula is C32H46N4O4S. The molecule has 2 N–H and O–H groups in total. The molecule has 8 nitrogen and oxygen atoms in total. The van der Waals surface area contributed by atoms with Crippen molar-refractivity contribution in [2.45, 2.75) is 77.2 Å². The number of rotatable bonds is 14. The quantitative estimate of drug-likeness (QED) is 0.319. The summed E-state index contributed by atoms with van der Waals surface area (Å²) in [6.45, 7) is 6.47. The number of carbonyl (C=O) groups excluding carboxylic acids is 3. The third kappa shape index (κ3) is 9.72. The van der Waals surface area contributed by atoms with Gasteiger partial charge in [-0.2, -0.15) is 0 Å². The van der Waals surface area contributed by atoms with Crippen molar-refractivity contribution in [3.05, 3.63) is 40.9 Å². The number of likely N-dealkylation sites (tertiary alicyclic amines) is 1. The molecule has 2 atom stereocenters. The minimum atomic E-state index is -0.538. The molecule has 3 heterocycles. The maximum absolute atomic E-state index is 13.7. The average molecular weight is 583 g/mol. The second kappa shape index (κ2) is 16.1. The van der Waals surface area contributed by atoms with Crippen LogP contribution < -0.4 is 10.6 Å². The number of thiazole rings is 1. The number of benzene rings is 1. The van der Waals surface area contributed by atoms with Crippen LogP contribution in [0.5, 0.6) is 0 Å². The lowest BCUT2D eigenvalue weighted by atomic mass is 9.87. The van der Waals surface area contributed by atoms with Crippen molar-refractivity contribution in [3.63, 3.8) is 0 Å². The monoisotopic (exact) mass is 582 g/mol. The molecule has 0 unspecified atom stereocenters. The Hall–Kier alpha value is -2.62. The van der Waals surface area contributed by atoms with Crippen LogP contribution >= 0.6 is 11.3 Å². The first-order valence-electron chi connectivity index (χ1n) is 15.3. The number of nitrogens with one attached hydrogen (secondary N) is 2. The van der Waals surface area contributed by atoms with E-state index in [9.17, 15) is 14.4 Å². The van der Waals surface area contributed by atoms with Crippen LogP contribution in [-0.4, -0.2) is 73.4 Å². The SMILES string of the molecule is CCc1ccc2nc(C[C@H](CC(=O)NC)C(=O)N[C@H](CCC(=O)/C=C/CN3CCCCC3)C3CCOCC3)sc2c1. The van der Waals surface area contributed by atoms with Gasteiger partial charge in [0, 0.05) is 52.1 Å². The second-order valence-electron chi connectivity index (χ2n) is 11.4. The van der Waals surface area contributed by atoms with E-state index in [1.54, 1.807) is 24.5 Å². The first-order valence-corrected chi connectivity index (χ1v) is 16.2. The minimum Gasteiger partial charge on any atom is -0.381 e. The normalized spacial score (nSPS) is 18.4. The molecule has 2 amide bonds. The number of amides is 2. The zero-order chi connectivity index (χ0) is 29.0. The summed E-state index contributed by atoms with van der Waals surface area (Å²) >= 11 is 1.59. The van der Waals surface area contributed by atoms with Gasteiger partial charge in [-0.15, -0.1) is 11.3 Å². The summed E-state index contributed by atoms with van der Waals surface area (Å²) in [5, 5.41) is 6.79. The van der Waals surface area contributed by atoms with Crippen LogP contribution in [0.15, 0.2) is 30.4 Å². The molecule has 0 radical (unpaired) electrons. The Balaban J connectivity index is 1.40. The summed E-state index contributed by atoms with van der Waals surface area (Å²) in [5.74, 6) is -0.518. The van der Waals surface area contributed by atoms with Crippen LogP contribution in [0.3, 0.4) is 0 Å². The van der Waals surface area contributed by atoms with E-state index in [2.05, 4.69) is 34.6 Å². The predicted octanol–water partition coefficient (Wildman–Crippen LogP) is 4.46. The molecule has 224 valence electrons. The number of piperidine rings is 1. The van der Waals surface area contributed by atoms with Crippen molar-refractivity contribution in [2.24, 2.45) is 11.8 Å². The largest absolute Gasteiger partial charge is 0.381 e. The summed E-state index contributed by atoms with van der Waals surface area (Å²) in [6, 6.07) is 6.13. The van der Waals surface area contributed by atoms with Gasteiger partial charge in [0.15, 0.2) is 5.78 Å². The molecule has 0 aliphatic carbocycles. The number of hydrogen-bond acceptors (Lipinski definition) is 7. The van der Waals surface area contributed by atoms with E-state index in [1.807, 2.05) is 12.1 Å². The molecule has 2 aliphatic rings.